The molecule has 0 saturated heterocycles. The van der Waals surface area contributed by atoms with E-state index < -0.39 is 5.97 Å². The van der Waals surface area contributed by atoms with Crippen LogP contribution in [0, 0.1) is 0 Å². The van der Waals surface area contributed by atoms with E-state index in [9.17, 15) is 4.79 Å². The monoisotopic (exact) mass is 238 g/mol. The molecule has 3 heteroatoms. The van der Waals surface area contributed by atoms with E-state index in [0.29, 0.717) is 5.57 Å². The number of rotatable bonds is 2. The molecule has 0 amide bonds. The van der Waals surface area contributed by atoms with Gasteiger partial charge < -0.3 is 5.11 Å². The van der Waals surface area contributed by atoms with Crippen LogP contribution in [0.25, 0.3) is 0 Å². The Labute approximate surface area is 84.0 Å². The Balaban J connectivity index is 2.14. The summed E-state index contributed by atoms with van der Waals surface area (Å²) in [6.45, 7) is 0. The fraction of sp³-hybridized carbons (Fsp3) is 0.100. The summed E-state index contributed by atoms with van der Waals surface area (Å²) in [5, 5.41) is 8.66. The summed E-state index contributed by atoms with van der Waals surface area (Å²) in [4.78, 5) is 10.5. The van der Waals surface area contributed by atoms with Crippen molar-refractivity contribution < 1.29 is 9.90 Å². The highest BCUT2D eigenvalue weighted by Gasteiger charge is 2.31. The first-order valence-electron chi connectivity index (χ1n) is 3.89. The molecule has 13 heavy (non-hydrogen) atoms. The molecule has 1 aromatic carbocycles. The van der Waals surface area contributed by atoms with E-state index in [0.717, 1.165) is 10.0 Å². The van der Waals surface area contributed by atoms with Gasteiger partial charge in [0.05, 0.1) is 0 Å². The fourth-order valence-corrected chi connectivity index (χ4v) is 1.55. The highest BCUT2D eigenvalue weighted by atomic mass is 79.9. The molecule has 0 fully saturated rings. The molecular weight excluding hydrogens is 232 g/mol. The normalized spacial score (nSPS) is 19.5. The quantitative estimate of drug-likeness (QED) is 0.860. The van der Waals surface area contributed by atoms with Crippen LogP contribution in [0.1, 0.15) is 11.5 Å². The molecule has 1 aliphatic rings. The van der Waals surface area contributed by atoms with Crippen LogP contribution in [0.4, 0.5) is 0 Å². The third-order valence-corrected chi connectivity index (χ3v) is 2.58. The molecule has 1 unspecified atom stereocenters. The first kappa shape index (κ1) is 8.51. The van der Waals surface area contributed by atoms with Crippen LogP contribution in [-0.4, -0.2) is 11.1 Å². The second kappa shape index (κ2) is 3.00. The van der Waals surface area contributed by atoms with Gasteiger partial charge in [-0.2, -0.15) is 0 Å². The molecule has 2 nitrogen and oxygen atoms in total. The highest BCUT2D eigenvalue weighted by Crippen LogP contribution is 2.39. The molecule has 1 aliphatic carbocycles. The lowest BCUT2D eigenvalue weighted by Gasteiger charge is -1.98. The number of carbonyl (C=O) groups is 1. The minimum absolute atomic E-state index is 0.0330. The summed E-state index contributed by atoms with van der Waals surface area (Å²) in [6, 6.07) is 7.70. The molecule has 0 aromatic heterocycles. The van der Waals surface area contributed by atoms with Crippen LogP contribution in [0.15, 0.2) is 40.4 Å². The predicted molar refractivity (Wildman–Crippen MR) is 52.6 cm³/mol. The van der Waals surface area contributed by atoms with E-state index >= 15 is 0 Å². The molecule has 0 spiro atoms. The number of aliphatic carboxylic acids is 1. The van der Waals surface area contributed by atoms with E-state index in [-0.39, 0.29) is 5.92 Å². The van der Waals surface area contributed by atoms with E-state index in [1.807, 2.05) is 24.3 Å². The molecule has 1 N–H and O–H groups in total. The van der Waals surface area contributed by atoms with Crippen LogP contribution in [-0.2, 0) is 4.79 Å². The smallest absolute Gasteiger partial charge is 0.332 e. The maximum absolute atomic E-state index is 10.5. The van der Waals surface area contributed by atoms with Crippen molar-refractivity contribution in [3.63, 3.8) is 0 Å². The zero-order valence-corrected chi connectivity index (χ0v) is 8.28. The lowest BCUT2D eigenvalue weighted by Crippen LogP contribution is -1.94. The van der Waals surface area contributed by atoms with Crippen LogP contribution in [0.2, 0.25) is 0 Å². The Kier molecular flexibility index (Phi) is 1.96. The topological polar surface area (TPSA) is 37.3 Å². The molecule has 0 bridgehead atoms. The van der Waals surface area contributed by atoms with Crippen molar-refractivity contribution in [2.45, 2.75) is 5.92 Å². The van der Waals surface area contributed by atoms with Gasteiger partial charge in [-0.1, -0.05) is 34.1 Å². The Morgan fingerprint density at radius 2 is 1.92 bits per heavy atom. The van der Waals surface area contributed by atoms with Gasteiger partial charge in [-0.05, 0) is 17.7 Å². The molecule has 1 atom stereocenters. The molecule has 0 heterocycles. The van der Waals surface area contributed by atoms with Crippen LogP contribution < -0.4 is 0 Å². The number of hydrogen-bond acceptors (Lipinski definition) is 1. The zero-order chi connectivity index (χ0) is 9.42. The van der Waals surface area contributed by atoms with Gasteiger partial charge in [0.15, 0.2) is 0 Å². The van der Waals surface area contributed by atoms with Gasteiger partial charge in [0.25, 0.3) is 0 Å². The third kappa shape index (κ3) is 1.65. The SMILES string of the molecule is O=C(O)C1=CC1c1ccc(Br)cc1. The molecule has 1 aromatic rings. The van der Waals surface area contributed by atoms with Gasteiger partial charge in [0.1, 0.15) is 0 Å². The Morgan fingerprint density at radius 3 is 2.38 bits per heavy atom. The lowest BCUT2D eigenvalue weighted by molar-refractivity contribution is -0.132. The van der Waals surface area contributed by atoms with Crippen molar-refractivity contribution in [2.75, 3.05) is 0 Å². The van der Waals surface area contributed by atoms with Gasteiger partial charge in [-0.15, -0.1) is 0 Å². The van der Waals surface area contributed by atoms with Crippen molar-refractivity contribution in [1.29, 1.82) is 0 Å². The average molecular weight is 239 g/mol. The number of benzene rings is 1. The zero-order valence-electron chi connectivity index (χ0n) is 6.70. The molecular formula is C10H7BrO2. The van der Waals surface area contributed by atoms with Crippen molar-refractivity contribution >= 4 is 21.9 Å². The number of allylic oxidation sites excluding steroid dienone is 1. The summed E-state index contributed by atoms with van der Waals surface area (Å²) >= 11 is 3.33. The van der Waals surface area contributed by atoms with Crippen LogP contribution in [0.5, 0.6) is 0 Å². The summed E-state index contributed by atoms with van der Waals surface area (Å²) in [5.41, 5.74) is 1.54. The average Bonchev–Trinajstić information content (AvgIpc) is 2.85. The third-order valence-electron chi connectivity index (χ3n) is 2.05. The van der Waals surface area contributed by atoms with Gasteiger partial charge >= 0.3 is 5.97 Å². The van der Waals surface area contributed by atoms with E-state index in [1.54, 1.807) is 6.08 Å². The van der Waals surface area contributed by atoms with Gasteiger partial charge in [0, 0.05) is 16.0 Å². The second-order valence-corrected chi connectivity index (χ2v) is 3.87. The standard InChI is InChI=1S/C10H7BrO2/c11-7-3-1-6(2-4-7)8-5-9(8)10(12)13/h1-5,8H,(H,12,13). The maximum atomic E-state index is 10.5. The molecule has 66 valence electrons. The number of hydrogen-bond donors (Lipinski definition) is 1. The first-order chi connectivity index (χ1) is 6.18. The largest absolute Gasteiger partial charge is 0.478 e. The summed E-state index contributed by atoms with van der Waals surface area (Å²) in [5.74, 6) is -0.779. The molecule has 2 rings (SSSR count). The fourth-order valence-electron chi connectivity index (χ4n) is 1.28. The Morgan fingerprint density at radius 1 is 1.31 bits per heavy atom. The molecule has 0 radical (unpaired) electrons. The Bertz CT molecular complexity index is 378. The van der Waals surface area contributed by atoms with E-state index in [4.69, 9.17) is 5.11 Å². The van der Waals surface area contributed by atoms with Crippen LogP contribution in [0.3, 0.4) is 0 Å². The van der Waals surface area contributed by atoms with E-state index in [2.05, 4.69) is 15.9 Å². The van der Waals surface area contributed by atoms with Gasteiger partial charge in [-0.25, -0.2) is 4.79 Å². The number of halogens is 1. The summed E-state index contributed by atoms with van der Waals surface area (Å²) < 4.78 is 1.01. The number of carboxylic acids is 1. The van der Waals surface area contributed by atoms with Gasteiger partial charge in [-0.3, -0.25) is 0 Å². The molecule has 0 saturated carbocycles. The predicted octanol–water partition coefficient (Wildman–Crippen LogP) is 2.56. The Hall–Kier alpha value is -1.09. The van der Waals surface area contributed by atoms with Crippen molar-refractivity contribution in [3.05, 3.63) is 46.0 Å². The van der Waals surface area contributed by atoms with Crippen LogP contribution >= 0.6 is 15.9 Å². The second-order valence-electron chi connectivity index (χ2n) is 2.96. The van der Waals surface area contributed by atoms with E-state index in [1.165, 1.54) is 0 Å². The summed E-state index contributed by atoms with van der Waals surface area (Å²) in [6.07, 6.45) is 1.76. The minimum Gasteiger partial charge on any atom is -0.478 e. The van der Waals surface area contributed by atoms with Crippen molar-refractivity contribution in [2.24, 2.45) is 0 Å². The lowest BCUT2D eigenvalue weighted by atomic mass is 10.1. The van der Waals surface area contributed by atoms with Crippen molar-refractivity contribution in [1.82, 2.24) is 0 Å². The summed E-state index contributed by atoms with van der Waals surface area (Å²) in [7, 11) is 0. The first-order valence-corrected chi connectivity index (χ1v) is 4.68. The molecule has 0 aliphatic heterocycles. The van der Waals surface area contributed by atoms with Crippen molar-refractivity contribution in [3.8, 4) is 0 Å². The number of carboxylic acid groups (broad SMARTS) is 1. The maximum Gasteiger partial charge on any atom is 0.332 e. The minimum atomic E-state index is -0.812. The highest BCUT2D eigenvalue weighted by molar-refractivity contribution is 9.10. The van der Waals surface area contributed by atoms with Gasteiger partial charge in [0.2, 0.25) is 0 Å².